The summed E-state index contributed by atoms with van der Waals surface area (Å²) in [6.07, 6.45) is 0. The van der Waals surface area contributed by atoms with Gasteiger partial charge in [-0.2, -0.15) is 0 Å². The van der Waals surface area contributed by atoms with Crippen molar-refractivity contribution in [1.82, 2.24) is 10.2 Å². The lowest BCUT2D eigenvalue weighted by Gasteiger charge is -2.26. The maximum atomic E-state index is 13.3. The van der Waals surface area contributed by atoms with Crippen molar-refractivity contribution >= 4 is 23.2 Å². The molecule has 0 fully saturated rings. The first-order valence-corrected chi connectivity index (χ1v) is 10.2. The summed E-state index contributed by atoms with van der Waals surface area (Å²) in [5, 5.41) is 2.79. The minimum Gasteiger partial charge on any atom is -0.350 e. The van der Waals surface area contributed by atoms with Gasteiger partial charge in [0.1, 0.15) is 5.82 Å². The topological polar surface area (TPSA) is 52.7 Å². The van der Waals surface area contributed by atoms with Crippen LogP contribution in [0.5, 0.6) is 0 Å². The second-order valence-electron chi connectivity index (χ2n) is 7.13. The van der Waals surface area contributed by atoms with Gasteiger partial charge >= 0.3 is 0 Å². The molecule has 0 spiro atoms. The quantitative estimate of drug-likeness (QED) is 0.590. The molecule has 0 unspecified atom stereocenters. The first-order chi connectivity index (χ1) is 15.0. The predicted molar refractivity (Wildman–Crippen MR) is 121 cm³/mol. The van der Waals surface area contributed by atoms with Crippen LogP contribution in [-0.2, 0) is 11.3 Å². The molecule has 0 atom stereocenters. The zero-order valence-corrected chi connectivity index (χ0v) is 17.7. The number of nitrogens with zero attached hydrogens (tertiary/aromatic N) is 2. The molecule has 0 bridgehead atoms. The maximum absolute atomic E-state index is 13.3. The van der Waals surface area contributed by atoms with E-state index in [0.717, 1.165) is 16.9 Å². The first kappa shape index (κ1) is 22.0. The fraction of sp³-hybridized carbons (Fsp3) is 0.200. The van der Waals surface area contributed by atoms with Crippen molar-refractivity contribution in [3.8, 4) is 0 Å². The van der Waals surface area contributed by atoms with Crippen LogP contribution >= 0.6 is 0 Å². The number of halogens is 1. The molecular weight excluding hydrogens is 393 g/mol. The highest BCUT2D eigenvalue weighted by Gasteiger charge is 2.21. The number of amides is 2. The highest BCUT2D eigenvalue weighted by molar-refractivity contribution is 6.02. The van der Waals surface area contributed by atoms with Crippen molar-refractivity contribution in [2.45, 2.75) is 13.5 Å². The first-order valence-electron chi connectivity index (χ1n) is 10.2. The van der Waals surface area contributed by atoms with Crippen LogP contribution < -0.4 is 10.2 Å². The zero-order chi connectivity index (χ0) is 22.2. The normalized spacial score (nSPS) is 10.4. The second-order valence-corrected chi connectivity index (χ2v) is 7.13. The molecule has 0 radical (unpaired) electrons. The third kappa shape index (κ3) is 5.69. The molecule has 6 heteroatoms. The van der Waals surface area contributed by atoms with Gasteiger partial charge in [0.05, 0.1) is 17.8 Å². The Balaban J connectivity index is 1.70. The number of likely N-dealkylation sites (N-methyl/N-ethyl adjacent to an activating group) is 1. The van der Waals surface area contributed by atoms with Crippen LogP contribution in [0.1, 0.15) is 22.8 Å². The van der Waals surface area contributed by atoms with Gasteiger partial charge in [-0.3, -0.25) is 9.59 Å². The van der Waals surface area contributed by atoms with Crippen molar-refractivity contribution in [3.05, 3.63) is 95.8 Å². The number of para-hydroxylation sites is 2. The number of anilines is 2. The minimum absolute atomic E-state index is 0.0556. The molecular formula is C25H26FN3O2. The van der Waals surface area contributed by atoms with Gasteiger partial charge in [-0.1, -0.05) is 42.5 Å². The smallest absolute Gasteiger partial charge is 0.256 e. The lowest BCUT2D eigenvalue weighted by atomic mass is 10.1. The van der Waals surface area contributed by atoms with Gasteiger partial charge in [-0.25, -0.2) is 4.39 Å². The number of carbonyl (C=O) groups is 2. The van der Waals surface area contributed by atoms with E-state index in [1.165, 1.54) is 17.0 Å². The Bertz CT molecular complexity index is 1020. The van der Waals surface area contributed by atoms with Crippen molar-refractivity contribution in [1.29, 1.82) is 0 Å². The summed E-state index contributed by atoms with van der Waals surface area (Å²) >= 11 is 0. The van der Waals surface area contributed by atoms with Crippen LogP contribution in [0, 0.1) is 5.82 Å². The highest BCUT2D eigenvalue weighted by atomic mass is 19.1. The van der Waals surface area contributed by atoms with E-state index in [-0.39, 0.29) is 30.7 Å². The van der Waals surface area contributed by atoms with Crippen LogP contribution in [0.2, 0.25) is 0 Å². The van der Waals surface area contributed by atoms with E-state index in [1.807, 2.05) is 67.4 Å². The molecule has 0 heterocycles. The molecule has 0 saturated carbocycles. The van der Waals surface area contributed by atoms with Gasteiger partial charge in [0, 0.05) is 25.8 Å². The van der Waals surface area contributed by atoms with Gasteiger partial charge in [0.2, 0.25) is 5.91 Å². The van der Waals surface area contributed by atoms with E-state index in [9.17, 15) is 14.0 Å². The molecule has 0 aliphatic carbocycles. The molecule has 3 aromatic rings. The number of benzene rings is 3. The average molecular weight is 420 g/mol. The van der Waals surface area contributed by atoms with Crippen LogP contribution in [0.3, 0.4) is 0 Å². The Labute approximate surface area is 182 Å². The average Bonchev–Trinajstić information content (AvgIpc) is 2.82. The summed E-state index contributed by atoms with van der Waals surface area (Å²) < 4.78 is 13.0. The van der Waals surface area contributed by atoms with Gasteiger partial charge in [-0.05, 0) is 48.9 Å². The maximum Gasteiger partial charge on any atom is 0.256 e. The molecule has 5 nitrogen and oxygen atoms in total. The van der Waals surface area contributed by atoms with Crippen molar-refractivity contribution in [2.75, 3.05) is 25.0 Å². The van der Waals surface area contributed by atoms with E-state index in [1.54, 1.807) is 18.2 Å². The Hall–Kier alpha value is -3.67. The summed E-state index contributed by atoms with van der Waals surface area (Å²) in [5.41, 5.74) is 3.05. The zero-order valence-electron chi connectivity index (χ0n) is 17.7. The second kappa shape index (κ2) is 10.4. The molecule has 2 amide bonds. The summed E-state index contributed by atoms with van der Waals surface area (Å²) in [4.78, 5) is 29.2. The molecule has 3 rings (SSSR count). The number of nitrogens with one attached hydrogen (secondary N) is 1. The van der Waals surface area contributed by atoms with E-state index < -0.39 is 0 Å². The molecule has 1 N–H and O–H groups in total. The van der Waals surface area contributed by atoms with Crippen LogP contribution in [0.15, 0.2) is 78.9 Å². The monoisotopic (exact) mass is 419 g/mol. The van der Waals surface area contributed by atoms with Gasteiger partial charge in [-0.15, -0.1) is 0 Å². The van der Waals surface area contributed by atoms with Crippen LogP contribution in [0.4, 0.5) is 15.8 Å². The minimum atomic E-state index is -0.322. The summed E-state index contributed by atoms with van der Waals surface area (Å²) in [5.74, 6) is -0.803. The SMILES string of the molecule is CCN(CC(=O)NCc1ccc(F)cc1)C(=O)c1ccccc1N(C)c1ccccc1. The number of carbonyl (C=O) groups excluding carboxylic acids is 2. The van der Waals surface area contributed by atoms with E-state index in [0.29, 0.717) is 12.1 Å². The van der Waals surface area contributed by atoms with E-state index >= 15 is 0 Å². The summed E-state index contributed by atoms with van der Waals surface area (Å²) in [6, 6.07) is 23.1. The fourth-order valence-corrected chi connectivity index (χ4v) is 3.27. The highest BCUT2D eigenvalue weighted by Crippen LogP contribution is 2.27. The van der Waals surface area contributed by atoms with Crippen LogP contribution in [0.25, 0.3) is 0 Å². The van der Waals surface area contributed by atoms with E-state index in [4.69, 9.17) is 0 Å². The van der Waals surface area contributed by atoms with Gasteiger partial charge in [0.15, 0.2) is 0 Å². The molecule has 0 saturated heterocycles. The molecule has 0 aliphatic rings. The molecule has 3 aromatic carbocycles. The molecule has 0 aromatic heterocycles. The Kier molecular flexibility index (Phi) is 7.38. The fourth-order valence-electron chi connectivity index (χ4n) is 3.27. The largest absolute Gasteiger partial charge is 0.350 e. The van der Waals surface area contributed by atoms with Crippen LogP contribution in [-0.4, -0.2) is 36.9 Å². The molecule has 160 valence electrons. The Morgan fingerprint density at radius 1 is 0.903 bits per heavy atom. The lowest BCUT2D eigenvalue weighted by molar-refractivity contribution is -0.121. The van der Waals surface area contributed by atoms with Gasteiger partial charge in [0.25, 0.3) is 5.91 Å². The number of hydrogen-bond donors (Lipinski definition) is 1. The lowest BCUT2D eigenvalue weighted by Crippen LogP contribution is -2.40. The third-order valence-electron chi connectivity index (χ3n) is 5.05. The molecule has 31 heavy (non-hydrogen) atoms. The van der Waals surface area contributed by atoms with Crippen molar-refractivity contribution in [3.63, 3.8) is 0 Å². The third-order valence-corrected chi connectivity index (χ3v) is 5.05. The summed E-state index contributed by atoms with van der Waals surface area (Å²) in [7, 11) is 1.91. The number of hydrogen-bond acceptors (Lipinski definition) is 3. The number of rotatable bonds is 8. The van der Waals surface area contributed by atoms with Crippen molar-refractivity contribution in [2.24, 2.45) is 0 Å². The van der Waals surface area contributed by atoms with E-state index in [2.05, 4.69) is 5.32 Å². The van der Waals surface area contributed by atoms with Gasteiger partial charge < -0.3 is 15.1 Å². The molecule has 0 aliphatic heterocycles. The Morgan fingerprint density at radius 2 is 1.55 bits per heavy atom. The van der Waals surface area contributed by atoms with Crippen molar-refractivity contribution < 1.29 is 14.0 Å². The summed E-state index contributed by atoms with van der Waals surface area (Å²) in [6.45, 7) is 2.46. The Morgan fingerprint density at radius 3 is 2.23 bits per heavy atom. The standard InChI is InChI=1S/C25H26FN3O2/c1-3-29(18-24(30)27-17-19-13-15-20(26)16-14-19)25(31)22-11-7-8-12-23(22)28(2)21-9-5-4-6-10-21/h4-16H,3,17-18H2,1-2H3,(H,27,30). The predicted octanol–water partition coefficient (Wildman–Crippen LogP) is 4.37.